The average molecular weight is 335 g/mol. The molecule has 7 heteroatoms. The molecule has 14 heavy (non-hydrogen) atoms. The number of benzene rings is 1. The zero-order valence-corrected chi connectivity index (χ0v) is 9.73. The molecule has 0 saturated carbocycles. The maximum absolute atomic E-state index is 11.7. The van der Waals surface area contributed by atoms with E-state index in [-0.39, 0.29) is 5.75 Å². The summed E-state index contributed by atoms with van der Waals surface area (Å²) < 4.78 is 40.3. The van der Waals surface area contributed by atoms with Crippen molar-refractivity contribution in [3.05, 3.63) is 24.3 Å². The SMILES string of the molecule is FC(F)(F)Oc1ccc(N(Br)Br)cc1. The van der Waals surface area contributed by atoms with Gasteiger partial charge in [-0.2, -0.15) is 0 Å². The van der Waals surface area contributed by atoms with E-state index in [1.165, 1.54) is 27.2 Å². The summed E-state index contributed by atoms with van der Waals surface area (Å²) in [5, 5.41) is 0. The predicted octanol–water partition coefficient (Wildman–Crippen LogP) is 4.01. The largest absolute Gasteiger partial charge is 0.573 e. The topological polar surface area (TPSA) is 12.5 Å². The van der Waals surface area contributed by atoms with Gasteiger partial charge in [-0.3, -0.25) is 0 Å². The Bertz CT molecular complexity index is 299. The average Bonchev–Trinajstić information content (AvgIpc) is 2.02. The molecule has 0 aliphatic heterocycles. The van der Waals surface area contributed by atoms with Crippen LogP contribution in [0.5, 0.6) is 5.75 Å². The van der Waals surface area contributed by atoms with Gasteiger partial charge in [-0.25, -0.2) is 2.95 Å². The lowest BCUT2D eigenvalue weighted by Crippen LogP contribution is -2.16. The van der Waals surface area contributed by atoms with Crippen LogP contribution in [0, 0.1) is 0 Å². The van der Waals surface area contributed by atoms with Crippen molar-refractivity contribution in [3.8, 4) is 5.75 Å². The molecule has 78 valence electrons. The number of ether oxygens (including phenoxy) is 1. The van der Waals surface area contributed by atoms with Crippen molar-refractivity contribution in [1.82, 2.24) is 0 Å². The minimum Gasteiger partial charge on any atom is -0.406 e. The summed E-state index contributed by atoms with van der Waals surface area (Å²) in [7, 11) is 0. The molecule has 0 saturated heterocycles. The summed E-state index contributed by atoms with van der Waals surface area (Å²) >= 11 is 6.11. The summed E-state index contributed by atoms with van der Waals surface area (Å²) in [6.07, 6.45) is -4.65. The summed E-state index contributed by atoms with van der Waals surface area (Å²) in [6, 6.07) is 5.37. The number of hydrogen-bond acceptors (Lipinski definition) is 2. The first-order chi connectivity index (χ1) is 6.38. The second-order valence-corrected chi connectivity index (χ2v) is 4.64. The van der Waals surface area contributed by atoms with Crippen molar-refractivity contribution >= 4 is 38.0 Å². The fraction of sp³-hybridized carbons (Fsp3) is 0.143. The third-order valence-electron chi connectivity index (χ3n) is 1.27. The Kier molecular flexibility index (Phi) is 3.65. The van der Waals surface area contributed by atoms with Crippen LogP contribution in [0.1, 0.15) is 0 Å². The maximum atomic E-state index is 11.7. The molecule has 0 aromatic heterocycles. The van der Waals surface area contributed by atoms with Crippen molar-refractivity contribution in [2.45, 2.75) is 6.36 Å². The Morgan fingerprint density at radius 1 is 1.07 bits per heavy atom. The molecule has 0 spiro atoms. The van der Waals surface area contributed by atoms with Gasteiger partial charge in [0.2, 0.25) is 0 Å². The lowest BCUT2D eigenvalue weighted by atomic mass is 10.3. The van der Waals surface area contributed by atoms with Gasteiger partial charge in [0, 0.05) is 0 Å². The molecule has 0 amide bonds. The van der Waals surface area contributed by atoms with E-state index < -0.39 is 6.36 Å². The number of hydrogen-bond donors (Lipinski definition) is 0. The first-order valence-electron chi connectivity index (χ1n) is 3.36. The molecule has 0 fully saturated rings. The van der Waals surface area contributed by atoms with Crippen LogP contribution in [-0.4, -0.2) is 6.36 Å². The molecular formula is C7H4Br2F3NO. The van der Waals surface area contributed by atoms with Crippen LogP contribution in [0.4, 0.5) is 18.9 Å². The van der Waals surface area contributed by atoms with Gasteiger partial charge in [0.25, 0.3) is 0 Å². The van der Waals surface area contributed by atoms with E-state index in [2.05, 4.69) is 37.0 Å². The van der Waals surface area contributed by atoms with E-state index in [4.69, 9.17) is 0 Å². The van der Waals surface area contributed by atoms with Crippen molar-refractivity contribution in [1.29, 1.82) is 0 Å². The van der Waals surface area contributed by atoms with E-state index in [0.717, 1.165) is 0 Å². The molecule has 0 heterocycles. The van der Waals surface area contributed by atoms with Gasteiger partial charge >= 0.3 is 6.36 Å². The second kappa shape index (κ2) is 4.39. The van der Waals surface area contributed by atoms with Crippen LogP contribution in [0.15, 0.2) is 24.3 Å². The lowest BCUT2D eigenvalue weighted by Gasteiger charge is -2.10. The van der Waals surface area contributed by atoms with Gasteiger partial charge in [0.15, 0.2) is 0 Å². The third kappa shape index (κ3) is 3.75. The lowest BCUT2D eigenvalue weighted by molar-refractivity contribution is -0.274. The van der Waals surface area contributed by atoms with E-state index in [0.29, 0.717) is 5.69 Å². The zero-order chi connectivity index (χ0) is 10.8. The minimum absolute atomic E-state index is 0.247. The normalized spacial score (nSPS) is 11.2. The Labute approximate surface area is 95.3 Å². The van der Waals surface area contributed by atoms with E-state index in [1.807, 2.05) is 0 Å². The van der Waals surface area contributed by atoms with Gasteiger partial charge in [-0.05, 0) is 24.3 Å². The molecule has 1 rings (SSSR count). The second-order valence-electron chi connectivity index (χ2n) is 2.27. The first-order valence-corrected chi connectivity index (χ1v) is 4.78. The number of rotatable bonds is 2. The van der Waals surface area contributed by atoms with Crippen LogP contribution >= 0.6 is 32.3 Å². The molecule has 0 aliphatic carbocycles. The van der Waals surface area contributed by atoms with Crippen molar-refractivity contribution < 1.29 is 17.9 Å². The number of anilines is 1. The highest BCUT2D eigenvalue weighted by Crippen LogP contribution is 2.27. The molecule has 0 radical (unpaired) electrons. The fourth-order valence-corrected chi connectivity index (χ4v) is 1.23. The summed E-state index contributed by atoms with van der Waals surface area (Å²) in [5.74, 6) is -0.247. The van der Waals surface area contributed by atoms with E-state index in [9.17, 15) is 13.2 Å². The van der Waals surface area contributed by atoms with Crippen molar-refractivity contribution in [2.24, 2.45) is 0 Å². The highest BCUT2D eigenvalue weighted by molar-refractivity contribution is 9.25. The standard InChI is InChI=1S/C7H4Br2F3NO/c8-13(9)5-1-3-6(4-2-5)14-7(10,11)12/h1-4H. The van der Waals surface area contributed by atoms with Gasteiger partial charge in [-0.15, -0.1) is 13.2 Å². The minimum atomic E-state index is -4.65. The smallest absolute Gasteiger partial charge is 0.406 e. The molecule has 0 N–H and O–H groups in total. The number of nitrogens with zero attached hydrogens (tertiary/aromatic N) is 1. The summed E-state index contributed by atoms with van der Waals surface area (Å²) in [4.78, 5) is 0. The van der Waals surface area contributed by atoms with Crippen LogP contribution in [-0.2, 0) is 0 Å². The van der Waals surface area contributed by atoms with Crippen molar-refractivity contribution in [3.63, 3.8) is 0 Å². The van der Waals surface area contributed by atoms with Gasteiger partial charge in [0.1, 0.15) is 5.75 Å². The molecular weight excluding hydrogens is 331 g/mol. The predicted molar refractivity (Wildman–Crippen MR) is 53.5 cm³/mol. The Balaban J connectivity index is 2.74. The molecule has 0 bridgehead atoms. The van der Waals surface area contributed by atoms with Crippen LogP contribution in [0.3, 0.4) is 0 Å². The van der Waals surface area contributed by atoms with E-state index in [1.54, 1.807) is 0 Å². The summed E-state index contributed by atoms with van der Waals surface area (Å²) in [6.45, 7) is 0. The molecule has 2 nitrogen and oxygen atoms in total. The van der Waals surface area contributed by atoms with Gasteiger partial charge in [0.05, 0.1) is 38.0 Å². The third-order valence-corrected chi connectivity index (χ3v) is 2.08. The van der Waals surface area contributed by atoms with Crippen LogP contribution in [0.2, 0.25) is 0 Å². The Morgan fingerprint density at radius 3 is 1.93 bits per heavy atom. The Morgan fingerprint density at radius 2 is 1.57 bits per heavy atom. The quantitative estimate of drug-likeness (QED) is 0.758. The van der Waals surface area contributed by atoms with Crippen molar-refractivity contribution in [2.75, 3.05) is 2.95 Å². The van der Waals surface area contributed by atoms with Gasteiger partial charge < -0.3 is 4.74 Å². The highest BCUT2D eigenvalue weighted by Gasteiger charge is 2.30. The molecule has 1 aromatic carbocycles. The Hall–Kier alpha value is -0.430. The number of alkyl halides is 3. The first kappa shape index (κ1) is 11.6. The zero-order valence-electron chi connectivity index (χ0n) is 6.55. The molecule has 0 aliphatic rings. The van der Waals surface area contributed by atoms with Gasteiger partial charge in [-0.1, -0.05) is 0 Å². The molecule has 0 unspecified atom stereocenters. The van der Waals surface area contributed by atoms with Crippen LogP contribution in [0.25, 0.3) is 0 Å². The fourth-order valence-electron chi connectivity index (χ4n) is 0.760. The summed E-state index contributed by atoms with van der Waals surface area (Å²) in [5.41, 5.74) is 0.652. The number of halogens is 5. The van der Waals surface area contributed by atoms with E-state index >= 15 is 0 Å². The molecule has 1 aromatic rings. The van der Waals surface area contributed by atoms with Crippen LogP contribution < -0.4 is 7.69 Å². The monoisotopic (exact) mass is 333 g/mol. The molecule has 0 atom stereocenters. The highest BCUT2D eigenvalue weighted by atomic mass is 79.9. The maximum Gasteiger partial charge on any atom is 0.573 e.